The van der Waals surface area contributed by atoms with Gasteiger partial charge in [-0.1, -0.05) is 23.4 Å². The van der Waals surface area contributed by atoms with E-state index in [1.54, 1.807) is 0 Å². The summed E-state index contributed by atoms with van der Waals surface area (Å²) in [6.45, 7) is 1.62. The number of benzene rings is 2. The van der Waals surface area contributed by atoms with Gasteiger partial charge >= 0.3 is 0 Å². The van der Waals surface area contributed by atoms with Crippen molar-refractivity contribution in [3.05, 3.63) is 70.0 Å². The van der Waals surface area contributed by atoms with E-state index in [0.29, 0.717) is 24.0 Å². The monoisotopic (exact) mass is 578 g/mol. The highest BCUT2D eigenvalue weighted by molar-refractivity contribution is 7.92. The minimum atomic E-state index is -4.46. The van der Waals surface area contributed by atoms with Crippen molar-refractivity contribution >= 4 is 33.3 Å². The number of anilines is 2. The molecule has 3 N–H and O–H groups in total. The van der Waals surface area contributed by atoms with Crippen molar-refractivity contribution in [1.29, 1.82) is 0 Å². The normalized spacial score (nSPS) is 13.9. The van der Waals surface area contributed by atoms with Crippen molar-refractivity contribution in [2.75, 3.05) is 36.9 Å². The molecule has 39 heavy (non-hydrogen) atoms. The van der Waals surface area contributed by atoms with E-state index in [1.165, 1.54) is 25.6 Å². The van der Waals surface area contributed by atoms with Crippen LogP contribution in [-0.4, -0.2) is 50.4 Å². The third-order valence-corrected chi connectivity index (χ3v) is 7.56. The van der Waals surface area contributed by atoms with Crippen LogP contribution in [0.1, 0.15) is 29.5 Å². The van der Waals surface area contributed by atoms with Crippen LogP contribution in [0.4, 0.5) is 20.4 Å². The third kappa shape index (κ3) is 6.93. The number of nitrogens with zero attached hydrogens (tertiary/aromatic N) is 2. The van der Waals surface area contributed by atoms with E-state index >= 15 is 4.39 Å². The summed E-state index contributed by atoms with van der Waals surface area (Å²) in [6.07, 6.45) is 4.75. The molecule has 13 heteroatoms. The summed E-state index contributed by atoms with van der Waals surface area (Å²) in [6, 6.07) is 4.24. The fraction of sp³-hybridized carbons (Fsp3) is 0.308. The van der Waals surface area contributed by atoms with Crippen LogP contribution in [0.15, 0.2) is 41.6 Å². The number of halogens is 3. The number of sulfonamides is 1. The first-order valence-corrected chi connectivity index (χ1v) is 13.7. The highest BCUT2D eigenvalue weighted by Gasteiger charge is 2.25. The van der Waals surface area contributed by atoms with Crippen molar-refractivity contribution in [3.8, 4) is 17.6 Å². The van der Waals surface area contributed by atoms with Crippen molar-refractivity contribution in [2.45, 2.75) is 24.3 Å². The smallest absolute Gasteiger partial charge is 0.265 e. The molecule has 0 amide bonds. The number of nitrogens with one attached hydrogen (secondary N) is 2. The Balaban J connectivity index is 1.54. The maximum atomic E-state index is 15.2. The van der Waals surface area contributed by atoms with E-state index in [0.717, 1.165) is 44.3 Å². The Kier molecular flexibility index (Phi) is 9.19. The van der Waals surface area contributed by atoms with Gasteiger partial charge in [0.1, 0.15) is 16.5 Å². The van der Waals surface area contributed by atoms with Crippen molar-refractivity contribution in [1.82, 2.24) is 9.97 Å². The van der Waals surface area contributed by atoms with Crippen LogP contribution in [0.5, 0.6) is 5.75 Å². The van der Waals surface area contributed by atoms with E-state index < -0.39 is 44.4 Å². The van der Waals surface area contributed by atoms with Crippen LogP contribution in [0.2, 0.25) is 5.02 Å². The molecule has 9 nitrogen and oxygen atoms in total. The van der Waals surface area contributed by atoms with Gasteiger partial charge in [-0.25, -0.2) is 27.2 Å². The van der Waals surface area contributed by atoms with E-state index in [-0.39, 0.29) is 16.3 Å². The Hall–Kier alpha value is -3.50. The van der Waals surface area contributed by atoms with Gasteiger partial charge in [-0.05, 0) is 43.0 Å². The molecule has 2 heterocycles. The summed E-state index contributed by atoms with van der Waals surface area (Å²) in [5, 5.41) is 12.7. The average Bonchev–Trinajstić information content (AvgIpc) is 2.94. The molecule has 3 aromatic rings. The molecule has 4 rings (SSSR count). The SMILES string of the molecule is COc1c(CO)cc(Cl)cc1S(=O)(=O)Nc1ccc(F)c(C#Cc2cnc(NCC3CCOCC3)nc2)c1F. The zero-order valence-corrected chi connectivity index (χ0v) is 22.4. The molecule has 0 saturated carbocycles. The number of hydrogen-bond acceptors (Lipinski definition) is 8. The number of hydrogen-bond donors (Lipinski definition) is 3. The molecule has 0 radical (unpaired) electrons. The quantitative estimate of drug-likeness (QED) is 0.344. The highest BCUT2D eigenvalue weighted by atomic mass is 35.5. The maximum absolute atomic E-state index is 15.2. The standard InChI is InChI=1S/C26H25ClF2N4O5S/c1-37-25-18(15-34)10-19(27)11-23(25)39(35,36)33-22-5-4-21(28)20(24(22)29)3-2-17-13-31-26(32-14-17)30-12-16-6-8-38-9-7-16/h4-5,10-11,13-14,16,33-34H,6-9,12,15H2,1H3,(H,30,31,32). The Morgan fingerprint density at radius 2 is 1.90 bits per heavy atom. The Bertz CT molecular complexity index is 1510. The van der Waals surface area contributed by atoms with E-state index in [4.69, 9.17) is 21.1 Å². The Morgan fingerprint density at radius 3 is 2.56 bits per heavy atom. The van der Waals surface area contributed by atoms with Gasteiger partial charge in [0, 0.05) is 42.7 Å². The van der Waals surface area contributed by atoms with E-state index in [1.807, 2.05) is 0 Å². The molecule has 1 saturated heterocycles. The van der Waals surface area contributed by atoms with E-state index in [2.05, 4.69) is 31.8 Å². The lowest BCUT2D eigenvalue weighted by Crippen LogP contribution is -2.23. The lowest BCUT2D eigenvalue weighted by Gasteiger charge is -2.22. The predicted octanol–water partition coefficient (Wildman–Crippen LogP) is 3.95. The molecular weight excluding hydrogens is 554 g/mol. The van der Waals surface area contributed by atoms with Gasteiger partial charge in [0.2, 0.25) is 5.95 Å². The lowest BCUT2D eigenvalue weighted by atomic mass is 10.0. The highest BCUT2D eigenvalue weighted by Crippen LogP contribution is 2.34. The van der Waals surface area contributed by atoms with Crippen LogP contribution >= 0.6 is 11.6 Å². The molecule has 0 unspecified atom stereocenters. The van der Waals surface area contributed by atoms with Gasteiger partial charge in [0.15, 0.2) is 5.82 Å². The molecule has 1 fully saturated rings. The summed E-state index contributed by atoms with van der Waals surface area (Å²) in [4.78, 5) is 7.93. The molecule has 206 valence electrons. The number of ether oxygens (including phenoxy) is 2. The molecule has 0 atom stereocenters. The summed E-state index contributed by atoms with van der Waals surface area (Å²) >= 11 is 5.99. The fourth-order valence-electron chi connectivity index (χ4n) is 3.92. The fourth-order valence-corrected chi connectivity index (χ4v) is 5.53. The van der Waals surface area contributed by atoms with Crippen LogP contribution in [0, 0.1) is 29.4 Å². The minimum Gasteiger partial charge on any atom is -0.495 e. The molecule has 0 spiro atoms. The minimum absolute atomic E-state index is 0.0124. The Labute approximate surface area is 229 Å². The molecular formula is C26H25ClF2N4O5S. The molecule has 0 bridgehead atoms. The molecule has 1 aliphatic heterocycles. The number of aliphatic hydroxyl groups is 1. The second-order valence-electron chi connectivity index (χ2n) is 8.63. The van der Waals surface area contributed by atoms with Crippen LogP contribution in [0.3, 0.4) is 0 Å². The summed E-state index contributed by atoms with van der Waals surface area (Å²) in [5.41, 5.74) is -0.775. The van der Waals surface area contributed by atoms with Gasteiger partial charge < -0.3 is 19.9 Å². The summed E-state index contributed by atoms with van der Waals surface area (Å²) in [5.74, 6) is 3.49. The zero-order chi connectivity index (χ0) is 28.0. The number of aromatic nitrogens is 2. The largest absolute Gasteiger partial charge is 0.495 e. The predicted molar refractivity (Wildman–Crippen MR) is 141 cm³/mol. The van der Waals surface area contributed by atoms with E-state index in [9.17, 15) is 17.9 Å². The van der Waals surface area contributed by atoms with Gasteiger partial charge in [0.05, 0.1) is 30.5 Å². The van der Waals surface area contributed by atoms with Crippen LogP contribution in [-0.2, 0) is 21.4 Å². The second kappa shape index (κ2) is 12.6. The maximum Gasteiger partial charge on any atom is 0.265 e. The molecule has 2 aromatic carbocycles. The van der Waals surface area contributed by atoms with Gasteiger partial charge in [-0.3, -0.25) is 4.72 Å². The zero-order valence-electron chi connectivity index (χ0n) is 20.8. The number of methoxy groups -OCH3 is 1. The van der Waals surface area contributed by atoms with Gasteiger partial charge in [0.25, 0.3) is 10.0 Å². The van der Waals surface area contributed by atoms with Crippen molar-refractivity contribution in [2.24, 2.45) is 5.92 Å². The van der Waals surface area contributed by atoms with Crippen LogP contribution in [0.25, 0.3) is 0 Å². The summed E-state index contributed by atoms with van der Waals surface area (Å²) in [7, 11) is -3.25. The third-order valence-electron chi connectivity index (χ3n) is 5.97. The molecule has 1 aliphatic rings. The van der Waals surface area contributed by atoms with Crippen LogP contribution < -0.4 is 14.8 Å². The topological polar surface area (TPSA) is 123 Å². The molecule has 1 aromatic heterocycles. The first-order chi connectivity index (χ1) is 18.7. The van der Waals surface area contributed by atoms with Gasteiger partial charge in [-0.2, -0.15) is 0 Å². The van der Waals surface area contributed by atoms with Crippen molar-refractivity contribution in [3.63, 3.8) is 0 Å². The lowest BCUT2D eigenvalue weighted by molar-refractivity contribution is 0.0699. The summed E-state index contributed by atoms with van der Waals surface area (Å²) < 4.78 is 68.3. The molecule has 0 aliphatic carbocycles. The average molecular weight is 579 g/mol. The first kappa shape index (κ1) is 28.5. The Morgan fingerprint density at radius 1 is 1.18 bits per heavy atom. The van der Waals surface area contributed by atoms with Gasteiger partial charge in [-0.15, -0.1) is 0 Å². The second-order valence-corrected chi connectivity index (χ2v) is 10.7. The van der Waals surface area contributed by atoms with Crippen molar-refractivity contribution < 1.29 is 31.8 Å². The number of aliphatic hydroxyl groups excluding tert-OH is 1. The number of rotatable bonds is 8. The first-order valence-electron chi connectivity index (χ1n) is 11.9.